The molecule has 0 saturated carbocycles. The second-order valence-corrected chi connectivity index (χ2v) is 4.54. The number of para-hydroxylation sites is 1. The fourth-order valence-corrected chi connectivity index (χ4v) is 1.10. The van der Waals surface area contributed by atoms with Crippen molar-refractivity contribution in [3.63, 3.8) is 0 Å². The van der Waals surface area contributed by atoms with Crippen LogP contribution < -0.4 is 10.3 Å². The van der Waals surface area contributed by atoms with E-state index < -0.39 is 11.7 Å². The summed E-state index contributed by atoms with van der Waals surface area (Å²) < 4.78 is 4.98. The van der Waals surface area contributed by atoms with Gasteiger partial charge in [0.2, 0.25) is 0 Å². The second kappa shape index (κ2) is 5.07. The number of amides is 1. The molecule has 0 aliphatic rings. The minimum atomic E-state index is -0.660. The summed E-state index contributed by atoms with van der Waals surface area (Å²) in [6.45, 7) is 5.30. The molecule has 1 rings (SSSR count). The van der Waals surface area contributed by atoms with E-state index in [9.17, 15) is 4.79 Å². The largest absolute Gasteiger partial charge is 0.442 e. The molecule has 0 unspecified atom stereocenters. The van der Waals surface area contributed by atoms with Crippen LogP contribution in [0.25, 0.3) is 0 Å². The van der Waals surface area contributed by atoms with Crippen LogP contribution in [0.5, 0.6) is 5.75 Å². The van der Waals surface area contributed by atoms with Crippen LogP contribution in [0, 0.1) is 0 Å². The predicted octanol–water partition coefficient (Wildman–Crippen LogP) is 3.16. The highest BCUT2D eigenvalue weighted by atomic mass is 35.5. The number of carbonyl (C=O) groups is 1. The standard InChI is InChI=1S/C11H14ClNO3/c1-11(2,3)15-10(14)13-16-9-7-5-4-6-8(9)12/h4-7H,1-3H3,(H,13,14). The average Bonchev–Trinajstić information content (AvgIpc) is 2.14. The molecule has 0 aliphatic carbocycles. The van der Waals surface area contributed by atoms with Gasteiger partial charge in [0.1, 0.15) is 5.60 Å². The summed E-state index contributed by atoms with van der Waals surface area (Å²) in [4.78, 5) is 16.2. The van der Waals surface area contributed by atoms with Crippen molar-refractivity contribution >= 4 is 17.7 Å². The molecular weight excluding hydrogens is 230 g/mol. The Labute approximate surface area is 99.5 Å². The minimum absolute atomic E-state index is 0.370. The highest BCUT2D eigenvalue weighted by molar-refractivity contribution is 6.32. The first-order valence-electron chi connectivity index (χ1n) is 4.79. The van der Waals surface area contributed by atoms with Gasteiger partial charge in [-0.2, -0.15) is 5.48 Å². The Morgan fingerprint density at radius 2 is 1.94 bits per heavy atom. The number of benzene rings is 1. The van der Waals surface area contributed by atoms with Gasteiger partial charge in [0, 0.05) is 0 Å². The number of hydrogen-bond donors (Lipinski definition) is 1. The number of ether oxygens (including phenoxy) is 1. The molecule has 0 saturated heterocycles. The van der Waals surface area contributed by atoms with E-state index in [-0.39, 0.29) is 0 Å². The third-order valence-electron chi connectivity index (χ3n) is 1.48. The van der Waals surface area contributed by atoms with Crippen molar-refractivity contribution in [3.05, 3.63) is 29.3 Å². The van der Waals surface area contributed by atoms with Crippen LogP contribution >= 0.6 is 11.6 Å². The van der Waals surface area contributed by atoms with Crippen molar-refractivity contribution in [2.24, 2.45) is 0 Å². The molecule has 0 fully saturated rings. The molecule has 1 N–H and O–H groups in total. The second-order valence-electron chi connectivity index (χ2n) is 4.14. The van der Waals surface area contributed by atoms with Crippen LogP contribution in [0.1, 0.15) is 20.8 Å². The van der Waals surface area contributed by atoms with Crippen LogP contribution in [0.4, 0.5) is 4.79 Å². The lowest BCUT2D eigenvalue weighted by Crippen LogP contribution is -2.34. The summed E-state index contributed by atoms with van der Waals surface area (Å²) in [6.07, 6.45) is -0.660. The Bertz CT molecular complexity index is 374. The van der Waals surface area contributed by atoms with Gasteiger partial charge >= 0.3 is 6.09 Å². The molecule has 16 heavy (non-hydrogen) atoms. The van der Waals surface area contributed by atoms with Gasteiger partial charge in [0.15, 0.2) is 5.75 Å². The van der Waals surface area contributed by atoms with Crippen LogP contribution in [-0.4, -0.2) is 11.7 Å². The Morgan fingerprint density at radius 3 is 2.50 bits per heavy atom. The smallest absolute Gasteiger partial charge is 0.441 e. The molecule has 0 bridgehead atoms. The van der Waals surface area contributed by atoms with E-state index in [1.54, 1.807) is 45.0 Å². The molecule has 4 nitrogen and oxygen atoms in total. The van der Waals surface area contributed by atoms with Crippen molar-refractivity contribution < 1.29 is 14.4 Å². The highest BCUT2D eigenvalue weighted by Gasteiger charge is 2.16. The molecule has 5 heteroatoms. The zero-order chi connectivity index (χ0) is 12.2. The molecule has 0 aliphatic heterocycles. The molecule has 0 radical (unpaired) electrons. The number of hydroxylamine groups is 1. The maximum absolute atomic E-state index is 11.2. The number of nitrogens with one attached hydrogen (secondary N) is 1. The van der Waals surface area contributed by atoms with E-state index in [2.05, 4.69) is 5.48 Å². The molecular formula is C11H14ClNO3. The van der Waals surface area contributed by atoms with E-state index in [0.29, 0.717) is 10.8 Å². The Morgan fingerprint density at radius 1 is 1.31 bits per heavy atom. The van der Waals surface area contributed by atoms with E-state index >= 15 is 0 Å². The quantitative estimate of drug-likeness (QED) is 0.812. The van der Waals surface area contributed by atoms with Gasteiger partial charge in [0.25, 0.3) is 0 Å². The van der Waals surface area contributed by atoms with Gasteiger partial charge in [-0.25, -0.2) is 4.79 Å². The van der Waals surface area contributed by atoms with Crippen molar-refractivity contribution in [2.75, 3.05) is 0 Å². The van der Waals surface area contributed by atoms with Crippen molar-refractivity contribution in [2.45, 2.75) is 26.4 Å². The topological polar surface area (TPSA) is 47.6 Å². The van der Waals surface area contributed by atoms with Crippen molar-refractivity contribution in [1.29, 1.82) is 0 Å². The predicted molar refractivity (Wildman–Crippen MR) is 61.4 cm³/mol. The molecule has 0 aromatic heterocycles. The van der Waals surface area contributed by atoms with Crippen LogP contribution in [0.3, 0.4) is 0 Å². The summed E-state index contributed by atoms with van der Waals surface area (Å²) in [7, 11) is 0. The highest BCUT2D eigenvalue weighted by Crippen LogP contribution is 2.22. The van der Waals surface area contributed by atoms with E-state index in [1.165, 1.54) is 0 Å². The molecule has 0 heterocycles. The average molecular weight is 244 g/mol. The molecule has 1 aromatic carbocycles. The first-order valence-corrected chi connectivity index (χ1v) is 5.16. The number of carbonyl (C=O) groups excluding carboxylic acids is 1. The molecule has 1 aromatic rings. The minimum Gasteiger partial charge on any atom is -0.442 e. The van der Waals surface area contributed by atoms with E-state index in [1.807, 2.05) is 0 Å². The summed E-state index contributed by atoms with van der Waals surface area (Å²) in [5.41, 5.74) is 1.59. The molecule has 88 valence electrons. The third kappa shape index (κ3) is 4.40. The van der Waals surface area contributed by atoms with Crippen molar-refractivity contribution in [3.8, 4) is 5.75 Å². The molecule has 1 amide bonds. The van der Waals surface area contributed by atoms with Gasteiger partial charge in [0.05, 0.1) is 5.02 Å². The summed E-state index contributed by atoms with van der Waals surface area (Å²) in [5.74, 6) is 0.370. The first kappa shape index (κ1) is 12.6. The van der Waals surface area contributed by atoms with Gasteiger partial charge in [-0.3, -0.25) is 0 Å². The fraction of sp³-hybridized carbons (Fsp3) is 0.364. The van der Waals surface area contributed by atoms with E-state index in [4.69, 9.17) is 21.2 Å². The summed E-state index contributed by atoms with van der Waals surface area (Å²) in [6, 6.07) is 6.81. The van der Waals surface area contributed by atoms with Crippen LogP contribution in [-0.2, 0) is 4.74 Å². The maximum Gasteiger partial charge on any atom is 0.441 e. The van der Waals surface area contributed by atoms with Gasteiger partial charge < -0.3 is 9.57 Å². The van der Waals surface area contributed by atoms with Gasteiger partial charge in [-0.05, 0) is 32.9 Å². The van der Waals surface area contributed by atoms with Crippen LogP contribution in [0.15, 0.2) is 24.3 Å². The number of hydrogen-bond acceptors (Lipinski definition) is 3. The lowest BCUT2D eigenvalue weighted by molar-refractivity contribution is 0.0288. The zero-order valence-electron chi connectivity index (χ0n) is 9.41. The van der Waals surface area contributed by atoms with Crippen LogP contribution in [0.2, 0.25) is 5.02 Å². The number of rotatable bonds is 2. The zero-order valence-corrected chi connectivity index (χ0v) is 10.2. The Balaban J connectivity index is 2.47. The lowest BCUT2D eigenvalue weighted by Gasteiger charge is -2.19. The number of halogens is 1. The summed E-state index contributed by atoms with van der Waals surface area (Å²) >= 11 is 5.82. The molecule has 0 atom stereocenters. The Kier molecular flexibility index (Phi) is 4.01. The SMILES string of the molecule is CC(C)(C)OC(=O)NOc1ccccc1Cl. The first-order chi connectivity index (χ1) is 7.38. The lowest BCUT2D eigenvalue weighted by atomic mass is 10.2. The summed E-state index contributed by atoms with van der Waals surface area (Å²) in [5, 5.41) is 0.415. The van der Waals surface area contributed by atoms with Gasteiger partial charge in [-0.1, -0.05) is 23.7 Å². The third-order valence-corrected chi connectivity index (χ3v) is 1.79. The van der Waals surface area contributed by atoms with Crippen molar-refractivity contribution in [1.82, 2.24) is 5.48 Å². The molecule has 0 spiro atoms. The fourth-order valence-electron chi connectivity index (χ4n) is 0.923. The normalized spacial score (nSPS) is 10.8. The van der Waals surface area contributed by atoms with Gasteiger partial charge in [-0.15, -0.1) is 0 Å². The monoisotopic (exact) mass is 243 g/mol. The van der Waals surface area contributed by atoms with E-state index in [0.717, 1.165) is 0 Å². The Hall–Kier alpha value is -1.42. The maximum atomic E-state index is 11.2.